The fraction of sp³-hybridized carbons (Fsp3) is 0.192. The van der Waals surface area contributed by atoms with Crippen LogP contribution >= 0.6 is 11.3 Å². The summed E-state index contributed by atoms with van der Waals surface area (Å²) < 4.78 is 40.5. The van der Waals surface area contributed by atoms with Gasteiger partial charge in [0, 0.05) is 11.3 Å². The zero-order chi connectivity index (χ0) is 26.6. The first-order chi connectivity index (χ1) is 17.7. The molecule has 9 nitrogen and oxygen atoms in total. The first-order valence-electron chi connectivity index (χ1n) is 11.3. The first kappa shape index (κ1) is 26.1. The Hall–Kier alpha value is -3.96. The maximum Gasteiger partial charge on any atom is 0.326 e. The van der Waals surface area contributed by atoms with Gasteiger partial charge in [0.05, 0.1) is 28.8 Å². The van der Waals surface area contributed by atoms with Gasteiger partial charge in [0.1, 0.15) is 12.3 Å². The lowest BCUT2D eigenvalue weighted by Gasteiger charge is -2.09. The number of aryl methyl sites for hydroxylation is 1. The third-order valence-electron chi connectivity index (χ3n) is 5.38. The van der Waals surface area contributed by atoms with Crippen molar-refractivity contribution in [2.45, 2.75) is 25.3 Å². The predicted molar refractivity (Wildman–Crippen MR) is 141 cm³/mol. The Morgan fingerprint density at radius 3 is 2.38 bits per heavy atom. The van der Waals surface area contributed by atoms with Gasteiger partial charge in [-0.25, -0.2) is 8.42 Å². The third-order valence-corrected chi connectivity index (χ3v) is 7.82. The number of carbonyl (C=O) groups is 2. The molecule has 0 fully saturated rings. The Labute approximate surface area is 218 Å². The molecular weight excluding hydrogens is 514 g/mol. The van der Waals surface area contributed by atoms with Crippen LogP contribution in [0.3, 0.4) is 0 Å². The van der Waals surface area contributed by atoms with Crippen LogP contribution in [-0.4, -0.2) is 38.6 Å². The quantitative estimate of drug-likeness (QED) is 0.337. The Bertz CT molecular complexity index is 1620. The highest BCUT2D eigenvalue weighted by Gasteiger charge is 2.16. The molecular formula is C26H25N3O6S2. The van der Waals surface area contributed by atoms with E-state index in [9.17, 15) is 18.0 Å². The molecule has 11 heteroatoms. The number of hydrogen-bond acceptors (Lipinski definition) is 7. The van der Waals surface area contributed by atoms with Gasteiger partial charge in [0.15, 0.2) is 4.80 Å². The van der Waals surface area contributed by atoms with E-state index in [1.807, 2.05) is 25.1 Å². The summed E-state index contributed by atoms with van der Waals surface area (Å²) in [5.41, 5.74) is 2.38. The van der Waals surface area contributed by atoms with E-state index in [4.69, 9.17) is 9.47 Å². The molecule has 0 aliphatic rings. The van der Waals surface area contributed by atoms with Crippen molar-refractivity contribution in [2.75, 3.05) is 18.4 Å². The molecule has 3 aromatic carbocycles. The van der Waals surface area contributed by atoms with Crippen LogP contribution in [0.25, 0.3) is 10.2 Å². The summed E-state index contributed by atoms with van der Waals surface area (Å²) in [4.78, 5) is 29.9. The second-order valence-corrected chi connectivity index (χ2v) is 10.7. The van der Waals surface area contributed by atoms with Crippen molar-refractivity contribution >= 4 is 49.1 Å². The molecule has 0 saturated heterocycles. The van der Waals surface area contributed by atoms with Crippen LogP contribution in [-0.2, 0) is 26.1 Å². The van der Waals surface area contributed by atoms with Crippen LogP contribution in [0.4, 0.5) is 5.69 Å². The van der Waals surface area contributed by atoms with Gasteiger partial charge in [-0.2, -0.15) is 4.99 Å². The minimum absolute atomic E-state index is 0.0743. The molecule has 4 rings (SSSR count). The van der Waals surface area contributed by atoms with Crippen molar-refractivity contribution in [3.63, 3.8) is 0 Å². The molecule has 4 aromatic rings. The lowest BCUT2D eigenvalue weighted by atomic mass is 10.2. The number of carbonyl (C=O) groups excluding carboxylic acids is 2. The van der Waals surface area contributed by atoms with Gasteiger partial charge in [-0.15, -0.1) is 0 Å². The monoisotopic (exact) mass is 539 g/mol. The van der Waals surface area contributed by atoms with Gasteiger partial charge in [-0.1, -0.05) is 17.4 Å². The average Bonchev–Trinajstić information content (AvgIpc) is 3.19. The number of aromatic nitrogens is 1. The molecule has 0 bridgehead atoms. The van der Waals surface area contributed by atoms with Crippen molar-refractivity contribution in [3.05, 3.63) is 82.7 Å². The summed E-state index contributed by atoms with van der Waals surface area (Å²) in [7, 11) is -2.32. The van der Waals surface area contributed by atoms with Crippen LogP contribution in [0.15, 0.2) is 76.6 Å². The second-order valence-electron chi connectivity index (χ2n) is 8.02. The fourth-order valence-electron chi connectivity index (χ4n) is 3.56. The van der Waals surface area contributed by atoms with E-state index in [1.54, 1.807) is 23.6 Å². The van der Waals surface area contributed by atoms with Gasteiger partial charge in [0.2, 0.25) is 0 Å². The summed E-state index contributed by atoms with van der Waals surface area (Å²) in [6, 6.07) is 17.7. The molecule has 0 atom stereocenters. The van der Waals surface area contributed by atoms with Crippen LogP contribution in [0.2, 0.25) is 0 Å². The minimum atomic E-state index is -3.82. The van der Waals surface area contributed by atoms with Crippen molar-refractivity contribution < 1.29 is 27.5 Å². The molecule has 1 amide bonds. The SMILES string of the molecule is CCOC(=O)Cn1c(=NC(=O)c2ccc(NS(=O)(=O)c3ccc(OC)cc3)cc2)sc2cc(C)ccc21. The lowest BCUT2D eigenvalue weighted by Crippen LogP contribution is -2.23. The fourth-order valence-corrected chi connectivity index (χ4v) is 5.74. The molecule has 0 saturated carbocycles. The molecule has 0 aliphatic carbocycles. The number of nitrogens with zero attached hydrogens (tertiary/aromatic N) is 2. The number of benzene rings is 3. The summed E-state index contributed by atoms with van der Waals surface area (Å²) in [5, 5.41) is 0. The molecule has 0 unspecified atom stereocenters. The third kappa shape index (κ3) is 6.07. The number of hydrogen-bond donors (Lipinski definition) is 1. The predicted octanol–water partition coefficient (Wildman–Crippen LogP) is 4.12. The van der Waals surface area contributed by atoms with Crippen molar-refractivity contribution in [3.8, 4) is 5.75 Å². The van der Waals surface area contributed by atoms with Gasteiger partial charge >= 0.3 is 5.97 Å². The Kier molecular flexibility index (Phi) is 7.74. The van der Waals surface area contributed by atoms with Crippen molar-refractivity contribution in [1.82, 2.24) is 4.57 Å². The topological polar surface area (TPSA) is 116 Å². The summed E-state index contributed by atoms with van der Waals surface area (Å²) >= 11 is 1.30. The molecule has 0 spiro atoms. The lowest BCUT2D eigenvalue weighted by molar-refractivity contribution is -0.143. The molecule has 0 radical (unpaired) electrons. The standard InChI is InChI=1S/C26H25N3O6S2/c1-4-35-24(30)16-29-22-14-5-17(2)15-23(22)36-26(29)27-25(31)18-6-8-19(9-7-18)28-37(32,33)21-12-10-20(34-3)11-13-21/h5-15,28H,4,16H2,1-3H3. The van der Waals surface area contributed by atoms with E-state index >= 15 is 0 Å². The number of nitrogens with one attached hydrogen (secondary N) is 1. The molecule has 1 N–H and O–H groups in total. The summed E-state index contributed by atoms with van der Waals surface area (Å²) in [5.74, 6) is -0.404. The Morgan fingerprint density at radius 2 is 1.73 bits per heavy atom. The van der Waals surface area contributed by atoms with Crippen LogP contribution in [0, 0.1) is 6.92 Å². The molecule has 0 aliphatic heterocycles. The maximum absolute atomic E-state index is 13.0. The number of thiazole rings is 1. The number of sulfonamides is 1. The van der Waals surface area contributed by atoms with E-state index in [-0.39, 0.29) is 23.6 Å². The number of methoxy groups -OCH3 is 1. The second kappa shape index (κ2) is 11.0. The molecule has 1 aromatic heterocycles. The van der Waals surface area contributed by atoms with Crippen LogP contribution < -0.4 is 14.3 Å². The van der Waals surface area contributed by atoms with Crippen LogP contribution in [0.5, 0.6) is 5.75 Å². The number of anilines is 1. The number of fused-ring (bicyclic) bond motifs is 1. The molecule has 1 heterocycles. The zero-order valence-corrected chi connectivity index (χ0v) is 22.1. The van der Waals surface area contributed by atoms with Gasteiger partial charge in [-0.3, -0.25) is 14.3 Å². The largest absolute Gasteiger partial charge is 0.497 e. The molecule has 192 valence electrons. The number of rotatable bonds is 8. The highest BCUT2D eigenvalue weighted by Crippen LogP contribution is 2.21. The van der Waals surface area contributed by atoms with Gasteiger partial charge in [0.25, 0.3) is 15.9 Å². The van der Waals surface area contributed by atoms with E-state index in [0.29, 0.717) is 16.2 Å². The van der Waals surface area contributed by atoms with Crippen molar-refractivity contribution in [2.24, 2.45) is 4.99 Å². The number of amides is 1. The normalized spacial score (nSPS) is 11.9. The Morgan fingerprint density at radius 1 is 1.03 bits per heavy atom. The van der Waals surface area contributed by atoms with E-state index < -0.39 is 21.9 Å². The van der Waals surface area contributed by atoms with Crippen LogP contribution in [0.1, 0.15) is 22.8 Å². The average molecular weight is 540 g/mol. The number of esters is 1. The molecule has 37 heavy (non-hydrogen) atoms. The Balaban J connectivity index is 1.59. The van der Waals surface area contributed by atoms with E-state index in [0.717, 1.165) is 15.8 Å². The smallest absolute Gasteiger partial charge is 0.326 e. The van der Waals surface area contributed by atoms with E-state index in [2.05, 4.69) is 9.71 Å². The van der Waals surface area contributed by atoms with E-state index in [1.165, 1.54) is 54.8 Å². The maximum atomic E-state index is 13.0. The highest BCUT2D eigenvalue weighted by molar-refractivity contribution is 7.92. The summed E-state index contributed by atoms with van der Waals surface area (Å²) in [6.07, 6.45) is 0. The number of ether oxygens (including phenoxy) is 2. The summed E-state index contributed by atoms with van der Waals surface area (Å²) in [6.45, 7) is 3.87. The minimum Gasteiger partial charge on any atom is -0.497 e. The van der Waals surface area contributed by atoms with Gasteiger partial charge < -0.3 is 14.0 Å². The first-order valence-corrected chi connectivity index (χ1v) is 13.6. The highest BCUT2D eigenvalue weighted by atomic mass is 32.2. The van der Waals surface area contributed by atoms with Gasteiger partial charge in [-0.05, 0) is 80.1 Å². The zero-order valence-electron chi connectivity index (χ0n) is 20.4. The van der Waals surface area contributed by atoms with Crippen molar-refractivity contribution in [1.29, 1.82) is 0 Å².